The van der Waals surface area contributed by atoms with Crippen molar-refractivity contribution < 1.29 is 49.0 Å². The number of hydrogen-bond donors (Lipinski definition) is 0. The van der Waals surface area contributed by atoms with Crippen LogP contribution in [0, 0.1) is 0 Å². The highest BCUT2D eigenvalue weighted by Crippen LogP contribution is 2.35. The van der Waals surface area contributed by atoms with Gasteiger partial charge in [0.05, 0.1) is 0 Å². The van der Waals surface area contributed by atoms with Crippen LogP contribution < -0.4 is 0 Å². The molecule has 0 spiro atoms. The van der Waals surface area contributed by atoms with Gasteiger partial charge < -0.3 is 4.74 Å². The fraction of sp³-hybridized carbons (Fsp3) is 0.833. The first-order chi connectivity index (χ1) is 7.28. The molecule has 11 heteroatoms. The lowest BCUT2D eigenvalue weighted by atomic mass is 10.2. The van der Waals surface area contributed by atoms with Gasteiger partial charge in [-0.2, -0.15) is 35.1 Å². The quantitative estimate of drug-likeness (QED) is 0.586. The number of hydrogen-bond acceptors (Lipinski definition) is 2. The van der Waals surface area contributed by atoms with Crippen molar-refractivity contribution >= 4 is 5.97 Å². The molecule has 0 rings (SSSR count). The highest BCUT2D eigenvalue weighted by atomic mass is 19.4. The first-order valence-electron chi connectivity index (χ1n) is 3.61. The summed E-state index contributed by atoms with van der Waals surface area (Å²) in [7, 11) is 0. The predicted molar refractivity (Wildman–Crippen MR) is 32.9 cm³/mol. The van der Waals surface area contributed by atoms with Crippen LogP contribution in [0.3, 0.4) is 0 Å². The number of ether oxygens (including phenoxy) is 1. The maximum Gasteiger partial charge on any atom is 0.490 e. The van der Waals surface area contributed by atoms with E-state index in [9.17, 15) is 44.3 Å². The molecule has 0 aromatic heterocycles. The third kappa shape index (κ3) is 4.69. The monoisotopic (exact) mass is 278 g/mol. The standard InChI is InChI=1S/C6H3F9O2/c7-2(5(10,11)12)4(8,9)1-17-3(16)6(13,14)15/h2H,1H2. The predicted octanol–water partition coefficient (Wildman–Crippen LogP) is 2.63. The van der Waals surface area contributed by atoms with E-state index in [2.05, 4.69) is 4.74 Å². The third-order valence-electron chi connectivity index (χ3n) is 1.29. The second kappa shape index (κ2) is 4.61. The zero-order valence-corrected chi connectivity index (χ0v) is 7.50. The summed E-state index contributed by atoms with van der Waals surface area (Å²) in [5.74, 6) is -8.43. The van der Waals surface area contributed by atoms with Gasteiger partial charge in [-0.1, -0.05) is 0 Å². The van der Waals surface area contributed by atoms with Crippen LogP contribution in [-0.2, 0) is 9.53 Å². The van der Waals surface area contributed by atoms with Crippen LogP contribution in [0.1, 0.15) is 0 Å². The first kappa shape index (κ1) is 15.8. The van der Waals surface area contributed by atoms with Gasteiger partial charge in [0.15, 0.2) is 6.61 Å². The fourth-order valence-corrected chi connectivity index (χ4v) is 0.556. The summed E-state index contributed by atoms with van der Waals surface area (Å²) in [5, 5.41) is 0. The van der Waals surface area contributed by atoms with E-state index in [1.165, 1.54) is 0 Å². The summed E-state index contributed by atoms with van der Waals surface area (Å²) in [6, 6.07) is 0. The van der Waals surface area contributed by atoms with E-state index in [0.717, 1.165) is 0 Å². The van der Waals surface area contributed by atoms with Crippen LogP contribution >= 0.6 is 0 Å². The molecule has 0 aromatic rings. The number of halogens is 9. The van der Waals surface area contributed by atoms with Crippen LogP contribution in [0.4, 0.5) is 39.5 Å². The Bertz CT molecular complexity index is 278. The second-order valence-corrected chi connectivity index (χ2v) is 2.74. The molecule has 0 N–H and O–H groups in total. The largest absolute Gasteiger partial charge is 0.490 e. The molecule has 0 aromatic carbocycles. The number of alkyl halides is 9. The average molecular weight is 278 g/mol. The maximum atomic E-state index is 12.3. The van der Waals surface area contributed by atoms with Crippen molar-refractivity contribution in [1.82, 2.24) is 0 Å². The summed E-state index contributed by atoms with van der Waals surface area (Å²) in [6.07, 6.45) is -16.4. The lowest BCUT2D eigenvalue weighted by molar-refractivity contribution is -0.259. The van der Waals surface area contributed by atoms with Gasteiger partial charge in [0.25, 0.3) is 6.17 Å². The summed E-state index contributed by atoms with van der Waals surface area (Å²) in [6.45, 7) is -2.66. The van der Waals surface area contributed by atoms with Crippen molar-refractivity contribution in [3.05, 3.63) is 0 Å². The Morgan fingerprint density at radius 3 is 1.71 bits per heavy atom. The van der Waals surface area contributed by atoms with E-state index < -0.39 is 37.0 Å². The Kier molecular flexibility index (Phi) is 4.29. The van der Waals surface area contributed by atoms with E-state index in [1.54, 1.807) is 0 Å². The van der Waals surface area contributed by atoms with E-state index >= 15 is 0 Å². The molecular weight excluding hydrogens is 275 g/mol. The number of carbonyl (C=O) groups excluding carboxylic acids is 1. The fourth-order valence-electron chi connectivity index (χ4n) is 0.556. The van der Waals surface area contributed by atoms with Crippen molar-refractivity contribution in [2.75, 3.05) is 6.61 Å². The average Bonchev–Trinajstić information content (AvgIpc) is 2.10. The highest BCUT2D eigenvalue weighted by molar-refractivity contribution is 5.75. The normalized spacial score (nSPS) is 15.6. The van der Waals surface area contributed by atoms with Crippen LogP contribution in [0.2, 0.25) is 0 Å². The number of carbonyl (C=O) groups is 1. The Morgan fingerprint density at radius 1 is 1.00 bits per heavy atom. The second-order valence-electron chi connectivity index (χ2n) is 2.74. The van der Waals surface area contributed by atoms with Gasteiger partial charge in [0.1, 0.15) is 0 Å². The zero-order chi connectivity index (χ0) is 14.1. The molecular formula is C6H3F9O2. The summed E-state index contributed by atoms with van der Waals surface area (Å²) >= 11 is 0. The topological polar surface area (TPSA) is 26.3 Å². The van der Waals surface area contributed by atoms with E-state index in [1.807, 2.05) is 0 Å². The number of rotatable bonds is 3. The molecule has 102 valence electrons. The van der Waals surface area contributed by atoms with Gasteiger partial charge in [0.2, 0.25) is 0 Å². The molecule has 0 fully saturated rings. The lowest BCUT2D eigenvalue weighted by Crippen LogP contribution is -2.46. The summed E-state index contributed by atoms with van der Waals surface area (Å²) in [5.41, 5.74) is 0. The van der Waals surface area contributed by atoms with Crippen molar-refractivity contribution in [2.24, 2.45) is 0 Å². The molecule has 2 nitrogen and oxygen atoms in total. The van der Waals surface area contributed by atoms with E-state index in [-0.39, 0.29) is 0 Å². The molecule has 0 bridgehead atoms. The molecule has 0 heterocycles. The molecule has 0 aliphatic carbocycles. The smallest absolute Gasteiger partial charge is 0.452 e. The molecule has 0 radical (unpaired) electrons. The molecule has 0 aliphatic rings. The van der Waals surface area contributed by atoms with E-state index in [0.29, 0.717) is 0 Å². The summed E-state index contributed by atoms with van der Waals surface area (Å²) < 4.78 is 108. The van der Waals surface area contributed by atoms with Crippen LogP contribution in [-0.4, -0.2) is 37.0 Å². The molecule has 1 unspecified atom stereocenters. The van der Waals surface area contributed by atoms with Gasteiger partial charge in [-0.05, 0) is 0 Å². The lowest BCUT2D eigenvalue weighted by Gasteiger charge is -2.22. The van der Waals surface area contributed by atoms with Crippen LogP contribution in [0.25, 0.3) is 0 Å². The molecule has 0 saturated heterocycles. The minimum Gasteiger partial charge on any atom is -0.452 e. The van der Waals surface area contributed by atoms with Crippen molar-refractivity contribution in [2.45, 2.75) is 24.4 Å². The molecule has 1 atom stereocenters. The van der Waals surface area contributed by atoms with Gasteiger partial charge in [-0.15, -0.1) is 0 Å². The SMILES string of the molecule is O=C(OCC(F)(F)C(F)C(F)(F)F)C(F)(F)F. The molecule has 17 heavy (non-hydrogen) atoms. The Morgan fingerprint density at radius 2 is 1.41 bits per heavy atom. The Balaban J connectivity index is 4.53. The summed E-state index contributed by atoms with van der Waals surface area (Å²) in [4.78, 5) is 9.90. The van der Waals surface area contributed by atoms with Crippen molar-refractivity contribution in [1.29, 1.82) is 0 Å². The van der Waals surface area contributed by atoms with Gasteiger partial charge in [0, 0.05) is 0 Å². The Labute approximate surface area is 87.3 Å². The van der Waals surface area contributed by atoms with Crippen molar-refractivity contribution in [3.8, 4) is 0 Å². The van der Waals surface area contributed by atoms with Gasteiger partial charge in [-0.3, -0.25) is 0 Å². The minimum absolute atomic E-state index is 2.66. The molecule has 0 saturated carbocycles. The highest BCUT2D eigenvalue weighted by Gasteiger charge is 2.58. The van der Waals surface area contributed by atoms with Crippen LogP contribution in [0.5, 0.6) is 0 Å². The third-order valence-corrected chi connectivity index (χ3v) is 1.29. The van der Waals surface area contributed by atoms with E-state index in [4.69, 9.17) is 0 Å². The van der Waals surface area contributed by atoms with Crippen molar-refractivity contribution in [3.63, 3.8) is 0 Å². The van der Waals surface area contributed by atoms with Crippen LogP contribution in [0.15, 0.2) is 0 Å². The Hall–Kier alpha value is -1.16. The zero-order valence-electron chi connectivity index (χ0n) is 7.50. The minimum atomic E-state index is -5.98. The maximum absolute atomic E-state index is 12.3. The number of esters is 1. The first-order valence-corrected chi connectivity index (χ1v) is 3.61. The molecule has 0 amide bonds. The van der Waals surface area contributed by atoms with Gasteiger partial charge >= 0.3 is 24.2 Å². The molecule has 0 aliphatic heterocycles. The van der Waals surface area contributed by atoms with Gasteiger partial charge in [-0.25, -0.2) is 9.18 Å².